The number of hydrogen-bond acceptors (Lipinski definition) is 2. The van der Waals surface area contributed by atoms with Crippen LogP contribution in [-0.4, -0.2) is 24.7 Å². The second kappa shape index (κ2) is 5.66. The van der Waals surface area contributed by atoms with Crippen LogP contribution in [0.25, 0.3) is 0 Å². The summed E-state index contributed by atoms with van der Waals surface area (Å²) >= 11 is 0. The quantitative estimate of drug-likeness (QED) is 0.845. The summed E-state index contributed by atoms with van der Waals surface area (Å²) in [7, 11) is 1.78. The standard InChI is InChI=1S/C13H19NO2/c1-10-6-7-11(2)12(9-10)14(3)13(16)5-4-8-15/h6-7,9,15H,4-5,8H2,1-3H3. The van der Waals surface area contributed by atoms with Crippen molar-refractivity contribution >= 4 is 11.6 Å². The fourth-order valence-corrected chi connectivity index (χ4v) is 1.61. The van der Waals surface area contributed by atoms with Gasteiger partial charge in [-0.15, -0.1) is 0 Å². The average Bonchev–Trinajstić information content (AvgIpc) is 2.28. The van der Waals surface area contributed by atoms with Gasteiger partial charge < -0.3 is 10.0 Å². The van der Waals surface area contributed by atoms with E-state index in [0.717, 1.165) is 16.8 Å². The molecule has 1 aromatic carbocycles. The van der Waals surface area contributed by atoms with Crippen molar-refractivity contribution in [3.05, 3.63) is 29.3 Å². The lowest BCUT2D eigenvalue weighted by Crippen LogP contribution is -2.26. The Hall–Kier alpha value is -1.35. The number of carbonyl (C=O) groups excluding carboxylic acids is 1. The third-order valence-electron chi connectivity index (χ3n) is 2.65. The number of aliphatic hydroxyl groups excluding tert-OH is 1. The van der Waals surface area contributed by atoms with Gasteiger partial charge in [-0.05, 0) is 37.5 Å². The van der Waals surface area contributed by atoms with Crippen LogP contribution in [0, 0.1) is 13.8 Å². The molecule has 1 amide bonds. The first-order valence-electron chi connectivity index (χ1n) is 5.51. The van der Waals surface area contributed by atoms with E-state index in [1.807, 2.05) is 32.0 Å². The van der Waals surface area contributed by atoms with E-state index >= 15 is 0 Å². The monoisotopic (exact) mass is 221 g/mol. The summed E-state index contributed by atoms with van der Waals surface area (Å²) in [4.78, 5) is 13.4. The van der Waals surface area contributed by atoms with Crippen LogP contribution in [0.2, 0.25) is 0 Å². The Morgan fingerprint density at radius 3 is 2.69 bits per heavy atom. The largest absolute Gasteiger partial charge is 0.396 e. The van der Waals surface area contributed by atoms with Crippen LogP contribution < -0.4 is 4.90 Å². The van der Waals surface area contributed by atoms with E-state index in [1.165, 1.54) is 0 Å². The SMILES string of the molecule is Cc1ccc(C)c(N(C)C(=O)CCCO)c1. The van der Waals surface area contributed by atoms with Gasteiger partial charge in [-0.25, -0.2) is 0 Å². The van der Waals surface area contributed by atoms with Gasteiger partial charge in [0, 0.05) is 25.8 Å². The molecule has 88 valence electrons. The fraction of sp³-hybridized carbons (Fsp3) is 0.462. The Labute approximate surface area is 96.7 Å². The zero-order valence-electron chi connectivity index (χ0n) is 10.2. The first-order chi connectivity index (χ1) is 7.56. The van der Waals surface area contributed by atoms with E-state index in [4.69, 9.17) is 5.11 Å². The van der Waals surface area contributed by atoms with Gasteiger partial charge in [0.1, 0.15) is 0 Å². The van der Waals surface area contributed by atoms with Crippen molar-refractivity contribution in [1.82, 2.24) is 0 Å². The molecule has 0 saturated carbocycles. The van der Waals surface area contributed by atoms with Crippen LogP contribution in [0.3, 0.4) is 0 Å². The number of amides is 1. The van der Waals surface area contributed by atoms with Gasteiger partial charge in [0.2, 0.25) is 5.91 Å². The summed E-state index contributed by atoms with van der Waals surface area (Å²) in [5.74, 6) is 0.0442. The Kier molecular flexibility index (Phi) is 4.50. The smallest absolute Gasteiger partial charge is 0.226 e. The molecule has 0 unspecified atom stereocenters. The summed E-state index contributed by atoms with van der Waals surface area (Å²) in [6.07, 6.45) is 0.911. The minimum Gasteiger partial charge on any atom is -0.396 e. The van der Waals surface area contributed by atoms with Crippen molar-refractivity contribution in [2.45, 2.75) is 26.7 Å². The molecule has 0 aromatic heterocycles. The van der Waals surface area contributed by atoms with Gasteiger partial charge in [0.15, 0.2) is 0 Å². The third kappa shape index (κ3) is 3.07. The van der Waals surface area contributed by atoms with E-state index in [1.54, 1.807) is 11.9 Å². The molecule has 0 aliphatic carbocycles. The number of nitrogens with zero attached hydrogens (tertiary/aromatic N) is 1. The molecule has 1 rings (SSSR count). The second-order valence-corrected chi connectivity index (χ2v) is 4.07. The third-order valence-corrected chi connectivity index (χ3v) is 2.65. The van der Waals surface area contributed by atoms with Gasteiger partial charge in [-0.1, -0.05) is 12.1 Å². The molecular formula is C13H19NO2. The van der Waals surface area contributed by atoms with Gasteiger partial charge in [-0.3, -0.25) is 4.79 Å². The maximum Gasteiger partial charge on any atom is 0.226 e. The van der Waals surface area contributed by atoms with Gasteiger partial charge in [0.05, 0.1) is 0 Å². The molecule has 0 heterocycles. The highest BCUT2D eigenvalue weighted by atomic mass is 16.3. The van der Waals surface area contributed by atoms with Crippen LogP contribution in [0.5, 0.6) is 0 Å². The maximum atomic E-state index is 11.8. The van der Waals surface area contributed by atoms with E-state index in [9.17, 15) is 4.79 Å². The first-order valence-corrected chi connectivity index (χ1v) is 5.51. The number of anilines is 1. The Morgan fingerprint density at radius 1 is 1.38 bits per heavy atom. The minimum absolute atomic E-state index is 0.0442. The molecule has 0 fully saturated rings. The summed E-state index contributed by atoms with van der Waals surface area (Å²) in [5, 5.41) is 8.70. The van der Waals surface area contributed by atoms with E-state index in [-0.39, 0.29) is 12.5 Å². The number of carbonyl (C=O) groups is 1. The minimum atomic E-state index is 0.0442. The number of benzene rings is 1. The number of aliphatic hydroxyl groups is 1. The number of hydrogen-bond donors (Lipinski definition) is 1. The number of rotatable bonds is 4. The highest BCUT2D eigenvalue weighted by Crippen LogP contribution is 2.21. The molecule has 0 radical (unpaired) electrons. The molecular weight excluding hydrogens is 202 g/mol. The average molecular weight is 221 g/mol. The molecule has 0 saturated heterocycles. The fourth-order valence-electron chi connectivity index (χ4n) is 1.61. The van der Waals surface area contributed by atoms with Crippen molar-refractivity contribution < 1.29 is 9.90 Å². The van der Waals surface area contributed by atoms with Crippen LogP contribution in [0.4, 0.5) is 5.69 Å². The van der Waals surface area contributed by atoms with Crippen LogP contribution in [-0.2, 0) is 4.79 Å². The lowest BCUT2D eigenvalue weighted by molar-refractivity contribution is -0.118. The zero-order chi connectivity index (χ0) is 12.1. The van der Waals surface area contributed by atoms with E-state index in [2.05, 4.69) is 0 Å². The molecule has 0 aliphatic rings. The summed E-state index contributed by atoms with van der Waals surface area (Å²) in [6.45, 7) is 4.06. The van der Waals surface area contributed by atoms with Crippen LogP contribution in [0.1, 0.15) is 24.0 Å². The molecule has 0 aliphatic heterocycles. The van der Waals surface area contributed by atoms with E-state index < -0.39 is 0 Å². The lowest BCUT2D eigenvalue weighted by Gasteiger charge is -2.20. The van der Waals surface area contributed by atoms with Crippen molar-refractivity contribution in [1.29, 1.82) is 0 Å². The Balaban J connectivity index is 2.82. The summed E-state index contributed by atoms with van der Waals surface area (Å²) in [5.41, 5.74) is 3.18. The molecule has 0 spiro atoms. The topological polar surface area (TPSA) is 40.5 Å². The van der Waals surface area contributed by atoms with Crippen molar-refractivity contribution in [3.63, 3.8) is 0 Å². The van der Waals surface area contributed by atoms with Crippen LogP contribution in [0.15, 0.2) is 18.2 Å². The Morgan fingerprint density at radius 2 is 2.06 bits per heavy atom. The van der Waals surface area contributed by atoms with Gasteiger partial charge in [0.25, 0.3) is 0 Å². The Bertz CT molecular complexity index is 374. The van der Waals surface area contributed by atoms with Gasteiger partial charge >= 0.3 is 0 Å². The molecule has 1 aromatic rings. The maximum absolute atomic E-state index is 11.8. The predicted molar refractivity (Wildman–Crippen MR) is 65.6 cm³/mol. The summed E-state index contributed by atoms with van der Waals surface area (Å²) in [6, 6.07) is 6.05. The predicted octanol–water partition coefficient (Wildman–Crippen LogP) is 2.04. The second-order valence-electron chi connectivity index (χ2n) is 4.07. The van der Waals surface area contributed by atoms with Crippen molar-refractivity contribution in [2.75, 3.05) is 18.6 Å². The number of aryl methyl sites for hydroxylation is 2. The molecule has 0 atom stereocenters. The van der Waals surface area contributed by atoms with Gasteiger partial charge in [-0.2, -0.15) is 0 Å². The molecule has 3 nitrogen and oxygen atoms in total. The van der Waals surface area contributed by atoms with Crippen LogP contribution >= 0.6 is 0 Å². The zero-order valence-corrected chi connectivity index (χ0v) is 10.2. The highest BCUT2D eigenvalue weighted by molar-refractivity contribution is 5.93. The lowest BCUT2D eigenvalue weighted by atomic mass is 10.1. The first kappa shape index (κ1) is 12.7. The highest BCUT2D eigenvalue weighted by Gasteiger charge is 2.12. The van der Waals surface area contributed by atoms with Crippen molar-refractivity contribution in [3.8, 4) is 0 Å². The summed E-state index contributed by atoms with van der Waals surface area (Å²) < 4.78 is 0. The molecule has 1 N–H and O–H groups in total. The van der Waals surface area contributed by atoms with E-state index in [0.29, 0.717) is 12.8 Å². The van der Waals surface area contributed by atoms with Crippen molar-refractivity contribution in [2.24, 2.45) is 0 Å². The normalized spacial score (nSPS) is 10.2. The molecule has 3 heteroatoms. The molecule has 16 heavy (non-hydrogen) atoms. The molecule has 0 bridgehead atoms.